The molecular formula is C19H12N4O2S. The molecule has 3 heterocycles. The minimum absolute atomic E-state index is 0.503. The van der Waals surface area contributed by atoms with Crippen LogP contribution in [0.4, 0.5) is 0 Å². The summed E-state index contributed by atoms with van der Waals surface area (Å²) < 4.78 is 11.7. The number of fused-ring (bicyclic) bond motifs is 3. The largest absolute Gasteiger partial charge is 0.451 e. The van der Waals surface area contributed by atoms with E-state index in [9.17, 15) is 0 Å². The van der Waals surface area contributed by atoms with E-state index < -0.39 is 0 Å². The van der Waals surface area contributed by atoms with Crippen molar-refractivity contribution in [1.82, 2.24) is 20.2 Å². The molecule has 2 aromatic carbocycles. The van der Waals surface area contributed by atoms with Gasteiger partial charge in [-0.3, -0.25) is 0 Å². The first-order valence-electron chi connectivity index (χ1n) is 8.01. The Kier molecular flexibility index (Phi) is 3.64. The number of para-hydroxylation sites is 1. The fourth-order valence-electron chi connectivity index (χ4n) is 2.74. The van der Waals surface area contributed by atoms with Crippen LogP contribution in [-0.4, -0.2) is 20.2 Å². The van der Waals surface area contributed by atoms with Crippen LogP contribution in [0, 0.1) is 0 Å². The molecular weight excluding hydrogens is 348 g/mol. The van der Waals surface area contributed by atoms with E-state index >= 15 is 0 Å². The molecule has 0 aliphatic carbocycles. The Hall–Kier alpha value is -3.19. The highest BCUT2D eigenvalue weighted by Crippen LogP contribution is 2.33. The second-order valence-corrected chi connectivity index (χ2v) is 6.57. The van der Waals surface area contributed by atoms with Crippen LogP contribution < -0.4 is 0 Å². The van der Waals surface area contributed by atoms with Crippen LogP contribution in [0.25, 0.3) is 33.5 Å². The van der Waals surface area contributed by atoms with Crippen molar-refractivity contribution in [3.05, 3.63) is 66.8 Å². The van der Waals surface area contributed by atoms with Crippen molar-refractivity contribution < 1.29 is 8.83 Å². The fraction of sp³-hybridized carbons (Fsp3) is 0.0526. The van der Waals surface area contributed by atoms with E-state index in [1.165, 1.54) is 11.8 Å². The van der Waals surface area contributed by atoms with Crippen molar-refractivity contribution in [1.29, 1.82) is 0 Å². The third kappa shape index (κ3) is 2.62. The van der Waals surface area contributed by atoms with Gasteiger partial charge >= 0.3 is 0 Å². The van der Waals surface area contributed by atoms with E-state index in [4.69, 9.17) is 8.83 Å². The maximum absolute atomic E-state index is 5.93. The maximum Gasteiger partial charge on any atom is 0.247 e. The lowest BCUT2D eigenvalue weighted by atomic mass is 10.2. The normalized spacial score (nSPS) is 11.4. The Labute approximate surface area is 152 Å². The molecule has 0 atom stereocenters. The number of benzene rings is 2. The van der Waals surface area contributed by atoms with Crippen LogP contribution in [0.5, 0.6) is 0 Å². The van der Waals surface area contributed by atoms with Crippen molar-refractivity contribution in [3.63, 3.8) is 0 Å². The second-order valence-electron chi connectivity index (χ2n) is 5.61. The third-order valence-corrected chi connectivity index (χ3v) is 4.90. The van der Waals surface area contributed by atoms with Gasteiger partial charge in [0.05, 0.1) is 5.75 Å². The Morgan fingerprint density at radius 1 is 0.846 bits per heavy atom. The van der Waals surface area contributed by atoms with Crippen molar-refractivity contribution in [2.75, 3.05) is 0 Å². The molecule has 7 heteroatoms. The monoisotopic (exact) mass is 360 g/mol. The molecule has 0 amide bonds. The Morgan fingerprint density at radius 3 is 2.62 bits per heavy atom. The van der Waals surface area contributed by atoms with Gasteiger partial charge in [0, 0.05) is 10.9 Å². The molecule has 0 saturated heterocycles. The molecule has 0 aliphatic heterocycles. The number of rotatable bonds is 4. The van der Waals surface area contributed by atoms with Crippen molar-refractivity contribution in [2.24, 2.45) is 0 Å². The van der Waals surface area contributed by atoms with Gasteiger partial charge in [-0.15, -0.1) is 10.2 Å². The van der Waals surface area contributed by atoms with Gasteiger partial charge in [-0.25, -0.2) is 9.97 Å². The Balaban J connectivity index is 1.43. The smallest absolute Gasteiger partial charge is 0.247 e. The van der Waals surface area contributed by atoms with E-state index in [-0.39, 0.29) is 0 Å². The fourth-order valence-corrected chi connectivity index (χ4v) is 3.51. The van der Waals surface area contributed by atoms with E-state index in [1.54, 1.807) is 6.33 Å². The molecule has 5 rings (SSSR count). The highest BCUT2D eigenvalue weighted by molar-refractivity contribution is 7.98. The molecule has 3 aromatic heterocycles. The number of furan rings is 1. The predicted octanol–water partition coefficient (Wildman–Crippen LogP) is 4.72. The lowest BCUT2D eigenvalue weighted by Crippen LogP contribution is -1.86. The Bertz CT molecular complexity index is 1200. The highest BCUT2D eigenvalue weighted by atomic mass is 32.2. The second kappa shape index (κ2) is 6.27. The van der Waals surface area contributed by atoms with Crippen LogP contribution >= 0.6 is 11.8 Å². The molecule has 126 valence electrons. The number of hydrogen-bond acceptors (Lipinski definition) is 7. The lowest BCUT2D eigenvalue weighted by molar-refractivity contribution is 0.528. The summed E-state index contributed by atoms with van der Waals surface area (Å²) in [5.41, 5.74) is 3.20. The van der Waals surface area contributed by atoms with Crippen LogP contribution in [-0.2, 0) is 5.75 Å². The summed E-state index contributed by atoms with van der Waals surface area (Å²) in [4.78, 5) is 8.71. The summed E-state index contributed by atoms with van der Waals surface area (Å²) in [6, 6.07) is 17.5. The molecule has 6 nitrogen and oxygen atoms in total. The molecule has 0 aliphatic rings. The Morgan fingerprint density at radius 2 is 1.69 bits per heavy atom. The zero-order chi connectivity index (χ0) is 17.3. The molecule has 0 radical (unpaired) electrons. The molecule has 5 aromatic rings. The molecule has 0 unspecified atom stereocenters. The van der Waals surface area contributed by atoms with Gasteiger partial charge in [0.1, 0.15) is 22.5 Å². The van der Waals surface area contributed by atoms with E-state index in [0.29, 0.717) is 23.1 Å². The quantitative estimate of drug-likeness (QED) is 0.339. The SMILES string of the molecule is c1ccc(-c2nnc(CSc3ncnc4c3oc3ccccc34)o2)cc1. The van der Waals surface area contributed by atoms with Gasteiger partial charge in [-0.1, -0.05) is 42.1 Å². The first kappa shape index (κ1) is 15.1. The van der Waals surface area contributed by atoms with Crippen LogP contribution in [0.3, 0.4) is 0 Å². The van der Waals surface area contributed by atoms with E-state index in [2.05, 4.69) is 20.2 Å². The molecule has 0 saturated carbocycles. The average Bonchev–Trinajstić information content (AvgIpc) is 3.32. The standard InChI is InChI=1S/C19H12N4O2S/c1-2-6-12(7-3-1)18-23-22-15(25-18)10-26-19-17-16(20-11-21-19)13-8-4-5-9-14(13)24-17/h1-9,11H,10H2. The summed E-state index contributed by atoms with van der Waals surface area (Å²) in [6.07, 6.45) is 1.55. The predicted molar refractivity (Wildman–Crippen MR) is 98.6 cm³/mol. The van der Waals surface area contributed by atoms with Gasteiger partial charge < -0.3 is 8.83 Å². The molecule has 0 bridgehead atoms. The van der Waals surface area contributed by atoms with E-state index in [0.717, 1.165) is 27.1 Å². The summed E-state index contributed by atoms with van der Waals surface area (Å²) in [6.45, 7) is 0. The van der Waals surface area contributed by atoms with Gasteiger partial charge in [0.2, 0.25) is 11.8 Å². The number of thioether (sulfide) groups is 1. The minimum atomic E-state index is 0.503. The summed E-state index contributed by atoms with van der Waals surface area (Å²) in [7, 11) is 0. The van der Waals surface area contributed by atoms with Crippen LogP contribution in [0.2, 0.25) is 0 Å². The number of nitrogens with zero attached hydrogens (tertiary/aromatic N) is 4. The molecule has 26 heavy (non-hydrogen) atoms. The summed E-state index contributed by atoms with van der Waals surface area (Å²) in [5, 5.41) is 9.97. The topological polar surface area (TPSA) is 77.8 Å². The van der Waals surface area contributed by atoms with Crippen LogP contribution in [0.1, 0.15) is 5.89 Å². The average molecular weight is 360 g/mol. The zero-order valence-electron chi connectivity index (χ0n) is 13.5. The minimum Gasteiger partial charge on any atom is -0.451 e. The lowest BCUT2D eigenvalue weighted by Gasteiger charge is -1.98. The first-order chi connectivity index (χ1) is 12.9. The number of hydrogen-bond donors (Lipinski definition) is 0. The molecule has 0 spiro atoms. The van der Waals surface area contributed by atoms with Crippen molar-refractivity contribution in [2.45, 2.75) is 10.8 Å². The molecule has 0 N–H and O–H groups in total. The van der Waals surface area contributed by atoms with E-state index in [1.807, 2.05) is 54.6 Å². The van der Waals surface area contributed by atoms with Crippen molar-refractivity contribution in [3.8, 4) is 11.5 Å². The first-order valence-corrected chi connectivity index (χ1v) is 9.00. The van der Waals surface area contributed by atoms with Crippen molar-refractivity contribution >= 4 is 33.8 Å². The van der Waals surface area contributed by atoms with Crippen LogP contribution in [0.15, 0.2) is 74.8 Å². The zero-order valence-corrected chi connectivity index (χ0v) is 14.3. The van der Waals surface area contributed by atoms with Gasteiger partial charge in [0.15, 0.2) is 5.58 Å². The van der Waals surface area contributed by atoms with Gasteiger partial charge in [-0.2, -0.15) is 0 Å². The maximum atomic E-state index is 5.93. The molecule has 0 fully saturated rings. The summed E-state index contributed by atoms with van der Waals surface area (Å²) in [5.74, 6) is 1.55. The number of aromatic nitrogens is 4. The highest BCUT2D eigenvalue weighted by Gasteiger charge is 2.15. The third-order valence-electron chi connectivity index (χ3n) is 3.95. The van der Waals surface area contributed by atoms with Gasteiger partial charge in [-0.05, 0) is 24.3 Å². The van der Waals surface area contributed by atoms with Gasteiger partial charge in [0.25, 0.3) is 0 Å². The summed E-state index contributed by atoms with van der Waals surface area (Å²) >= 11 is 1.49.